The first-order valence-corrected chi connectivity index (χ1v) is 14.3. The third-order valence-corrected chi connectivity index (χ3v) is 8.42. The number of piperidine rings is 1. The number of rotatable bonds is 9. The highest BCUT2D eigenvalue weighted by atomic mass is 35.5. The van der Waals surface area contributed by atoms with Crippen LogP contribution in [0.25, 0.3) is 0 Å². The van der Waals surface area contributed by atoms with Crippen molar-refractivity contribution >= 4 is 64.0 Å². The minimum absolute atomic E-state index is 0.0412. The van der Waals surface area contributed by atoms with E-state index in [4.69, 9.17) is 46.4 Å². The van der Waals surface area contributed by atoms with Gasteiger partial charge in [0.1, 0.15) is 0 Å². The zero-order valence-corrected chi connectivity index (χ0v) is 23.6. The summed E-state index contributed by atoms with van der Waals surface area (Å²) in [5.41, 5.74) is 1.54. The van der Waals surface area contributed by atoms with Crippen LogP contribution in [0.2, 0.25) is 20.1 Å². The highest BCUT2D eigenvalue weighted by molar-refractivity contribution is 6.42. The molecular formula is C27H32Cl4N4O2. The van der Waals surface area contributed by atoms with E-state index >= 15 is 0 Å². The van der Waals surface area contributed by atoms with Gasteiger partial charge in [0, 0.05) is 53.2 Å². The molecule has 1 aliphatic carbocycles. The molecule has 1 saturated carbocycles. The summed E-state index contributed by atoms with van der Waals surface area (Å²) in [7, 11) is 0. The predicted octanol–water partition coefficient (Wildman–Crippen LogP) is 6.98. The largest absolute Gasteiger partial charge is 0.353 e. The Balaban J connectivity index is 1.30. The lowest BCUT2D eigenvalue weighted by Crippen LogP contribution is -2.47. The lowest BCUT2D eigenvalue weighted by atomic mass is 9.84. The lowest BCUT2D eigenvalue weighted by molar-refractivity contribution is -0.128. The van der Waals surface area contributed by atoms with Crippen LogP contribution < -0.4 is 16.0 Å². The molecule has 0 spiro atoms. The smallest absolute Gasteiger partial charge is 0.319 e. The van der Waals surface area contributed by atoms with Crippen LogP contribution in [0.3, 0.4) is 0 Å². The highest BCUT2D eigenvalue weighted by Gasteiger charge is 2.28. The van der Waals surface area contributed by atoms with Crippen molar-refractivity contribution in [3.05, 3.63) is 62.1 Å². The Morgan fingerprint density at radius 2 is 1.62 bits per heavy atom. The number of nitrogens with one attached hydrogen (secondary N) is 3. The monoisotopic (exact) mass is 584 g/mol. The number of amides is 3. The van der Waals surface area contributed by atoms with Gasteiger partial charge in [-0.2, -0.15) is 0 Å². The van der Waals surface area contributed by atoms with Crippen LogP contribution in [0.5, 0.6) is 0 Å². The zero-order chi connectivity index (χ0) is 26.4. The highest BCUT2D eigenvalue weighted by Crippen LogP contribution is 2.29. The van der Waals surface area contributed by atoms with Gasteiger partial charge < -0.3 is 20.9 Å². The Labute approximate surface area is 238 Å². The Hall–Kier alpha value is -1.70. The molecule has 200 valence electrons. The van der Waals surface area contributed by atoms with E-state index < -0.39 is 0 Å². The van der Waals surface area contributed by atoms with Crippen LogP contribution in [-0.4, -0.2) is 49.1 Å². The number of halogens is 4. The van der Waals surface area contributed by atoms with Gasteiger partial charge in [-0.05, 0) is 74.5 Å². The predicted molar refractivity (Wildman–Crippen MR) is 152 cm³/mol. The molecule has 2 aromatic carbocycles. The number of hydrogen-bond acceptors (Lipinski definition) is 3. The van der Waals surface area contributed by atoms with E-state index in [2.05, 4.69) is 20.9 Å². The first-order chi connectivity index (χ1) is 17.8. The molecular weight excluding hydrogens is 554 g/mol. The van der Waals surface area contributed by atoms with Gasteiger partial charge in [0.15, 0.2) is 0 Å². The molecule has 37 heavy (non-hydrogen) atoms. The summed E-state index contributed by atoms with van der Waals surface area (Å²) in [5.74, 6) is 0.499. The maximum atomic E-state index is 12.6. The molecule has 2 aromatic rings. The van der Waals surface area contributed by atoms with Gasteiger partial charge in [0.2, 0.25) is 5.91 Å². The number of carbonyl (C=O) groups is 2. The Morgan fingerprint density at radius 1 is 0.919 bits per heavy atom. The second-order valence-electron chi connectivity index (χ2n) is 9.90. The molecule has 3 amide bonds. The number of carbonyl (C=O) groups excluding carboxylic acids is 2. The van der Waals surface area contributed by atoms with Gasteiger partial charge in [-0.1, -0.05) is 58.9 Å². The zero-order valence-electron chi connectivity index (χ0n) is 20.5. The molecule has 4 rings (SSSR count). The molecule has 10 heteroatoms. The van der Waals surface area contributed by atoms with E-state index in [0.717, 1.165) is 57.3 Å². The molecule has 6 nitrogen and oxygen atoms in total. The maximum Gasteiger partial charge on any atom is 0.319 e. The summed E-state index contributed by atoms with van der Waals surface area (Å²) >= 11 is 24.5. The van der Waals surface area contributed by atoms with Crippen molar-refractivity contribution in [1.29, 1.82) is 0 Å². The van der Waals surface area contributed by atoms with Crippen molar-refractivity contribution in [1.82, 2.24) is 15.5 Å². The molecule has 1 unspecified atom stereocenters. The van der Waals surface area contributed by atoms with Crippen LogP contribution in [-0.2, 0) is 4.79 Å². The number of urea groups is 1. The minimum Gasteiger partial charge on any atom is -0.353 e. The Kier molecular flexibility index (Phi) is 10.2. The van der Waals surface area contributed by atoms with Crippen molar-refractivity contribution in [2.75, 3.05) is 31.5 Å². The van der Waals surface area contributed by atoms with Gasteiger partial charge in [0.25, 0.3) is 0 Å². The van der Waals surface area contributed by atoms with Crippen LogP contribution in [0.4, 0.5) is 10.5 Å². The molecule has 2 fully saturated rings. The van der Waals surface area contributed by atoms with Crippen molar-refractivity contribution in [3.8, 4) is 0 Å². The quantitative estimate of drug-likeness (QED) is 0.297. The summed E-state index contributed by atoms with van der Waals surface area (Å²) in [6.07, 6.45) is 5.97. The van der Waals surface area contributed by atoms with Crippen LogP contribution in [0.15, 0.2) is 36.4 Å². The summed E-state index contributed by atoms with van der Waals surface area (Å²) in [6.45, 7) is 3.17. The van der Waals surface area contributed by atoms with Crippen molar-refractivity contribution in [3.63, 3.8) is 0 Å². The average molecular weight is 586 g/mol. The van der Waals surface area contributed by atoms with Gasteiger partial charge in [-0.15, -0.1) is 0 Å². The second kappa shape index (κ2) is 13.4. The van der Waals surface area contributed by atoms with Gasteiger partial charge in [0.05, 0.1) is 10.0 Å². The van der Waals surface area contributed by atoms with E-state index in [-0.39, 0.29) is 29.8 Å². The van der Waals surface area contributed by atoms with Gasteiger partial charge in [-0.25, -0.2) is 4.79 Å². The molecule has 3 N–H and O–H groups in total. The van der Waals surface area contributed by atoms with Gasteiger partial charge in [-0.3, -0.25) is 4.79 Å². The fraction of sp³-hybridized carbons (Fsp3) is 0.481. The standard InChI is InChI=1S/C27H32Cl4N4O2/c28-20-13-21(29)15-23(14-20)34-27(37)32-16-19(18-4-5-24(30)25(31)12-18)6-9-35-10-7-22(8-11-35)33-26(36)17-2-1-3-17/h4-5,12-15,17,19,22H,1-3,6-11,16H2,(H,33,36)(H2,32,34,37). The van der Waals surface area contributed by atoms with Crippen LogP contribution >= 0.6 is 46.4 Å². The fourth-order valence-corrected chi connectivity index (χ4v) is 5.63. The SMILES string of the molecule is O=C(NCC(CCN1CCC(NC(=O)C2CCC2)CC1)c1ccc(Cl)c(Cl)c1)Nc1cc(Cl)cc(Cl)c1. The van der Waals surface area contributed by atoms with Crippen molar-refractivity contribution in [2.45, 2.75) is 50.5 Å². The first kappa shape index (κ1) is 28.3. The lowest BCUT2D eigenvalue weighted by Gasteiger charge is -2.35. The topological polar surface area (TPSA) is 73.5 Å². The number of anilines is 1. The third-order valence-electron chi connectivity index (χ3n) is 7.25. The number of likely N-dealkylation sites (tertiary alicyclic amines) is 1. The minimum atomic E-state index is -0.341. The van der Waals surface area contributed by atoms with E-state index in [1.807, 2.05) is 12.1 Å². The molecule has 1 atom stereocenters. The summed E-state index contributed by atoms with van der Waals surface area (Å²) in [6, 6.07) is 10.4. The molecule has 0 bridgehead atoms. The Bertz CT molecular complexity index is 1080. The van der Waals surface area contributed by atoms with E-state index in [1.54, 1.807) is 24.3 Å². The molecule has 2 aliphatic rings. The van der Waals surface area contributed by atoms with Crippen LogP contribution in [0.1, 0.15) is 50.0 Å². The third kappa shape index (κ3) is 8.39. The molecule has 1 heterocycles. The first-order valence-electron chi connectivity index (χ1n) is 12.8. The van der Waals surface area contributed by atoms with Gasteiger partial charge >= 0.3 is 6.03 Å². The average Bonchev–Trinajstić information content (AvgIpc) is 2.80. The molecule has 1 saturated heterocycles. The second-order valence-corrected chi connectivity index (χ2v) is 11.6. The maximum absolute atomic E-state index is 12.6. The number of hydrogen-bond donors (Lipinski definition) is 3. The van der Waals surface area contributed by atoms with Crippen molar-refractivity contribution in [2.24, 2.45) is 5.92 Å². The summed E-state index contributed by atoms with van der Waals surface area (Å²) in [5, 5.41) is 10.9. The molecule has 1 aliphatic heterocycles. The number of benzene rings is 2. The van der Waals surface area contributed by atoms with E-state index in [0.29, 0.717) is 32.3 Å². The Morgan fingerprint density at radius 3 is 2.24 bits per heavy atom. The number of nitrogens with zero attached hydrogens (tertiary/aromatic N) is 1. The van der Waals surface area contributed by atoms with Crippen molar-refractivity contribution < 1.29 is 9.59 Å². The molecule has 0 radical (unpaired) electrons. The van der Waals surface area contributed by atoms with Crippen LogP contribution in [0, 0.1) is 5.92 Å². The summed E-state index contributed by atoms with van der Waals surface area (Å²) < 4.78 is 0. The van der Waals surface area contributed by atoms with E-state index in [9.17, 15) is 9.59 Å². The summed E-state index contributed by atoms with van der Waals surface area (Å²) in [4.78, 5) is 27.3. The van der Waals surface area contributed by atoms with E-state index in [1.165, 1.54) is 6.42 Å². The fourth-order valence-electron chi connectivity index (χ4n) is 4.80. The molecule has 0 aromatic heterocycles. The normalized spacial score (nSPS) is 17.6.